The van der Waals surface area contributed by atoms with Crippen LogP contribution in [0.3, 0.4) is 0 Å². The molecule has 0 aliphatic carbocycles. The van der Waals surface area contributed by atoms with Gasteiger partial charge in [-0.15, -0.1) is 0 Å². The Bertz CT molecular complexity index is 428. The van der Waals surface area contributed by atoms with Gasteiger partial charge in [-0.3, -0.25) is 4.79 Å². The molecule has 84 valence electrons. The highest BCUT2D eigenvalue weighted by molar-refractivity contribution is 6.08. The molecule has 16 heavy (non-hydrogen) atoms. The Morgan fingerprint density at radius 3 is 2.81 bits per heavy atom. The van der Waals surface area contributed by atoms with Crippen LogP contribution in [0.5, 0.6) is 0 Å². The number of carbonyl (C=O) groups excluding carboxylic acids is 1. The first-order valence-electron chi connectivity index (χ1n) is 5.40. The maximum atomic E-state index is 11.8. The summed E-state index contributed by atoms with van der Waals surface area (Å²) in [6, 6.07) is 7.73. The van der Waals surface area contributed by atoms with E-state index in [0.29, 0.717) is 6.54 Å². The molecule has 0 aromatic heterocycles. The summed E-state index contributed by atoms with van der Waals surface area (Å²) in [4.78, 5) is 11.8. The molecule has 1 aliphatic heterocycles. The van der Waals surface area contributed by atoms with Crippen molar-refractivity contribution in [3.8, 4) is 0 Å². The minimum Gasteiger partial charge on any atom is -0.330 e. The summed E-state index contributed by atoms with van der Waals surface area (Å²) in [6.07, 6.45) is 2.42. The number of hydrogen-bond acceptors (Lipinski definition) is 3. The molecule has 2 rings (SSSR count). The zero-order valence-electron chi connectivity index (χ0n) is 9.26. The van der Waals surface area contributed by atoms with E-state index < -0.39 is 0 Å². The second kappa shape index (κ2) is 4.45. The highest BCUT2D eigenvalue weighted by Gasteiger charge is 2.26. The van der Waals surface area contributed by atoms with Crippen molar-refractivity contribution >= 4 is 17.8 Å². The highest BCUT2D eigenvalue weighted by atomic mass is 16.2. The first-order valence-corrected chi connectivity index (χ1v) is 5.40. The van der Waals surface area contributed by atoms with Gasteiger partial charge in [-0.1, -0.05) is 18.2 Å². The second-order valence-corrected chi connectivity index (χ2v) is 3.87. The fraction of sp³-hybridized carbons (Fsp3) is 0.333. The van der Waals surface area contributed by atoms with Gasteiger partial charge in [0, 0.05) is 6.21 Å². The zero-order valence-corrected chi connectivity index (χ0v) is 9.26. The van der Waals surface area contributed by atoms with Crippen molar-refractivity contribution in [2.45, 2.75) is 13.3 Å². The number of hydrogen-bond donors (Lipinski definition) is 1. The Balaban J connectivity index is 2.33. The topological polar surface area (TPSA) is 58.7 Å². The zero-order chi connectivity index (χ0) is 11.5. The molecule has 1 atom stereocenters. The summed E-state index contributed by atoms with van der Waals surface area (Å²) in [6.45, 7) is 2.41. The van der Waals surface area contributed by atoms with Gasteiger partial charge in [0.25, 0.3) is 5.91 Å². The molecule has 1 aromatic rings. The van der Waals surface area contributed by atoms with E-state index in [2.05, 4.69) is 5.10 Å². The average Bonchev–Trinajstić information content (AvgIpc) is 2.61. The molecular formula is C12H15N3O. The predicted octanol–water partition coefficient (Wildman–Crippen LogP) is 1.16. The molecule has 1 unspecified atom stereocenters. The molecule has 0 bridgehead atoms. The fourth-order valence-corrected chi connectivity index (χ4v) is 1.75. The summed E-state index contributed by atoms with van der Waals surface area (Å²) in [5, 5.41) is 5.60. The first kappa shape index (κ1) is 10.8. The number of nitrogens with two attached hydrogens (primary N) is 1. The minimum absolute atomic E-state index is 0.0180. The Kier molecular flexibility index (Phi) is 3.01. The summed E-state index contributed by atoms with van der Waals surface area (Å²) in [5.74, 6) is -0.115. The van der Waals surface area contributed by atoms with Crippen LogP contribution in [-0.4, -0.2) is 18.7 Å². The van der Waals surface area contributed by atoms with Gasteiger partial charge in [0.05, 0.1) is 11.6 Å². The van der Waals surface area contributed by atoms with Crippen molar-refractivity contribution in [2.24, 2.45) is 16.8 Å². The van der Waals surface area contributed by atoms with E-state index in [9.17, 15) is 4.79 Å². The van der Waals surface area contributed by atoms with Crippen LogP contribution in [0.25, 0.3) is 0 Å². The van der Waals surface area contributed by atoms with Gasteiger partial charge in [0.15, 0.2) is 0 Å². The summed E-state index contributed by atoms with van der Waals surface area (Å²) < 4.78 is 0. The molecule has 1 amide bonds. The van der Waals surface area contributed by atoms with Gasteiger partial charge in [0.1, 0.15) is 0 Å². The molecule has 0 saturated heterocycles. The van der Waals surface area contributed by atoms with E-state index in [1.54, 1.807) is 6.21 Å². The quantitative estimate of drug-likeness (QED) is 0.825. The molecular weight excluding hydrogens is 202 g/mol. The summed E-state index contributed by atoms with van der Waals surface area (Å²) >= 11 is 0. The standard InChI is InChI=1S/C12H15N3O/c1-9-8-14-15(12(9)16)11-5-3-2-4-10(11)6-7-13/h2-5,8-9H,6-7,13H2,1H3. The third-order valence-electron chi connectivity index (χ3n) is 2.64. The predicted molar refractivity (Wildman–Crippen MR) is 64.3 cm³/mol. The van der Waals surface area contributed by atoms with Gasteiger partial charge in [-0.2, -0.15) is 5.10 Å². The molecule has 2 N–H and O–H groups in total. The third kappa shape index (κ3) is 1.84. The Hall–Kier alpha value is -1.68. The van der Waals surface area contributed by atoms with Crippen LogP contribution in [0.4, 0.5) is 5.69 Å². The normalized spacial score (nSPS) is 19.5. The Morgan fingerprint density at radius 2 is 2.19 bits per heavy atom. The molecule has 1 heterocycles. The van der Waals surface area contributed by atoms with E-state index in [1.807, 2.05) is 31.2 Å². The number of anilines is 1. The fourth-order valence-electron chi connectivity index (χ4n) is 1.75. The van der Waals surface area contributed by atoms with Gasteiger partial charge < -0.3 is 5.73 Å². The molecule has 1 aromatic carbocycles. The lowest BCUT2D eigenvalue weighted by molar-refractivity contribution is -0.119. The lowest BCUT2D eigenvalue weighted by Gasteiger charge is -2.16. The SMILES string of the molecule is CC1C=NN(c2ccccc2CCN)C1=O. The maximum absolute atomic E-state index is 11.8. The molecule has 0 radical (unpaired) electrons. The smallest absolute Gasteiger partial charge is 0.255 e. The highest BCUT2D eigenvalue weighted by Crippen LogP contribution is 2.25. The lowest BCUT2D eigenvalue weighted by atomic mass is 10.1. The number of para-hydroxylation sites is 1. The van der Waals surface area contributed by atoms with Crippen LogP contribution < -0.4 is 10.7 Å². The lowest BCUT2D eigenvalue weighted by Crippen LogP contribution is -2.25. The van der Waals surface area contributed by atoms with Gasteiger partial charge in [0.2, 0.25) is 0 Å². The Labute approximate surface area is 94.7 Å². The van der Waals surface area contributed by atoms with Crippen LogP contribution in [-0.2, 0) is 11.2 Å². The largest absolute Gasteiger partial charge is 0.330 e. The monoisotopic (exact) mass is 217 g/mol. The van der Waals surface area contributed by atoms with E-state index in [-0.39, 0.29) is 11.8 Å². The Morgan fingerprint density at radius 1 is 1.44 bits per heavy atom. The van der Waals surface area contributed by atoms with Crippen LogP contribution in [0, 0.1) is 5.92 Å². The van der Waals surface area contributed by atoms with E-state index in [0.717, 1.165) is 17.7 Å². The van der Waals surface area contributed by atoms with Crippen molar-refractivity contribution in [1.29, 1.82) is 0 Å². The number of benzene rings is 1. The maximum Gasteiger partial charge on any atom is 0.255 e. The molecule has 1 aliphatic rings. The molecule has 4 heteroatoms. The van der Waals surface area contributed by atoms with Crippen molar-refractivity contribution < 1.29 is 4.79 Å². The number of rotatable bonds is 3. The van der Waals surface area contributed by atoms with Crippen molar-refractivity contribution in [3.63, 3.8) is 0 Å². The summed E-state index contributed by atoms with van der Waals surface area (Å²) in [7, 11) is 0. The molecule has 0 fully saturated rings. The summed E-state index contributed by atoms with van der Waals surface area (Å²) in [5.41, 5.74) is 7.45. The van der Waals surface area contributed by atoms with Gasteiger partial charge in [-0.25, -0.2) is 5.01 Å². The number of nitrogens with zero attached hydrogens (tertiary/aromatic N) is 2. The van der Waals surface area contributed by atoms with Crippen LogP contribution >= 0.6 is 0 Å². The number of hydrazone groups is 1. The number of amides is 1. The first-order chi connectivity index (χ1) is 7.74. The van der Waals surface area contributed by atoms with Crippen LogP contribution in [0.2, 0.25) is 0 Å². The minimum atomic E-state index is -0.133. The van der Waals surface area contributed by atoms with E-state index >= 15 is 0 Å². The van der Waals surface area contributed by atoms with Crippen molar-refractivity contribution in [2.75, 3.05) is 11.6 Å². The van der Waals surface area contributed by atoms with Crippen molar-refractivity contribution in [1.82, 2.24) is 0 Å². The van der Waals surface area contributed by atoms with E-state index in [1.165, 1.54) is 5.01 Å². The molecule has 4 nitrogen and oxygen atoms in total. The number of carbonyl (C=O) groups is 1. The second-order valence-electron chi connectivity index (χ2n) is 3.87. The third-order valence-corrected chi connectivity index (χ3v) is 2.64. The van der Waals surface area contributed by atoms with Crippen LogP contribution in [0.15, 0.2) is 29.4 Å². The molecule has 0 saturated carbocycles. The van der Waals surface area contributed by atoms with Gasteiger partial charge in [-0.05, 0) is 31.5 Å². The van der Waals surface area contributed by atoms with Gasteiger partial charge >= 0.3 is 0 Å². The molecule has 0 spiro atoms. The van der Waals surface area contributed by atoms with Crippen molar-refractivity contribution in [3.05, 3.63) is 29.8 Å². The average molecular weight is 217 g/mol. The van der Waals surface area contributed by atoms with E-state index in [4.69, 9.17) is 5.73 Å². The van der Waals surface area contributed by atoms with Crippen LogP contribution in [0.1, 0.15) is 12.5 Å².